The van der Waals surface area contributed by atoms with Crippen molar-refractivity contribution in [3.8, 4) is 6.07 Å². The molecule has 0 saturated carbocycles. The van der Waals surface area contributed by atoms with E-state index in [0.717, 1.165) is 11.8 Å². The van der Waals surface area contributed by atoms with Gasteiger partial charge in [0.25, 0.3) is 0 Å². The summed E-state index contributed by atoms with van der Waals surface area (Å²) in [6.07, 6.45) is 1.40. The Hall–Kier alpha value is -2.60. The first-order valence-electron chi connectivity index (χ1n) is 5.02. The zero-order chi connectivity index (χ0) is 14.0. The Labute approximate surface area is 110 Å². The lowest BCUT2D eigenvalue weighted by Crippen LogP contribution is -2.33. The third-order valence-corrected chi connectivity index (χ3v) is 3.19. The van der Waals surface area contributed by atoms with Gasteiger partial charge in [0.1, 0.15) is 11.1 Å². The maximum absolute atomic E-state index is 11.2. The van der Waals surface area contributed by atoms with Crippen LogP contribution < -0.4 is 16.9 Å². The van der Waals surface area contributed by atoms with E-state index in [4.69, 9.17) is 11.0 Å². The maximum atomic E-state index is 11.2. The standard InChI is InChI=1S/C10H8N6O2S/c1-16-10(14-7(17)8(18)15-16)19-9-5(3-11)2-6(12)4-13-9/h2,4H,12H2,1H3,(H,15,18). The molecule has 0 bridgehead atoms. The molecule has 19 heavy (non-hydrogen) atoms. The van der Waals surface area contributed by atoms with Gasteiger partial charge < -0.3 is 5.73 Å². The number of aryl methyl sites for hydroxylation is 1. The number of nitriles is 1. The number of nitrogen functional groups attached to an aromatic ring is 1. The van der Waals surface area contributed by atoms with Crippen LogP contribution in [0.25, 0.3) is 0 Å². The van der Waals surface area contributed by atoms with Crippen molar-refractivity contribution in [2.24, 2.45) is 7.05 Å². The SMILES string of the molecule is Cn1[nH]c(=O)c(=O)nc1Sc1ncc(N)cc1C#N. The first kappa shape index (κ1) is 12.8. The van der Waals surface area contributed by atoms with Crippen molar-refractivity contribution < 1.29 is 0 Å². The van der Waals surface area contributed by atoms with Crippen molar-refractivity contribution in [3.05, 3.63) is 38.5 Å². The van der Waals surface area contributed by atoms with Gasteiger partial charge >= 0.3 is 11.1 Å². The number of nitrogens with zero attached hydrogens (tertiary/aromatic N) is 4. The molecule has 8 nitrogen and oxygen atoms in total. The monoisotopic (exact) mass is 276 g/mol. The van der Waals surface area contributed by atoms with E-state index in [1.54, 1.807) is 0 Å². The summed E-state index contributed by atoms with van der Waals surface area (Å²) in [5.74, 6) is 0. The highest BCUT2D eigenvalue weighted by molar-refractivity contribution is 7.99. The Morgan fingerprint density at radius 3 is 2.95 bits per heavy atom. The van der Waals surface area contributed by atoms with E-state index in [0.29, 0.717) is 10.7 Å². The second kappa shape index (κ2) is 4.95. The number of anilines is 1. The Kier molecular flexibility index (Phi) is 3.35. The lowest BCUT2D eigenvalue weighted by molar-refractivity contribution is 0.596. The second-order valence-corrected chi connectivity index (χ2v) is 4.49. The summed E-state index contributed by atoms with van der Waals surface area (Å²) in [6, 6.07) is 3.42. The Bertz CT molecular complexity index is 788. The highest BCUT2D eigenvalue weighted by Crippen LogP contribution is 2.26. The first-order valence-corrected chi connectivity index (χ1v) is 5.83. The predicted molar refractivity (Wildman–Crippen MR) is 67.6 cm³/mol. The molecule has 0 aliphatic carbocycles. The van der Waals surface area contributed by atoms with Crippen LogP contribution in [0.1, 0.15) is 5.56 Å². The van der Waals surface area contributed by atoms with Gasteiger partial charge in [0.05, 0.1) is 17.4 Å². The fourth-order valence-electron chi connectivity index (χ4n) is 1.27. The smallest absolute Gasteiger partial charge is 0.339 e. The molecule has 0 saturated heterocycles. The van der Waals surface area contributed by atoms with Crippen molar-refractivity contribution in [1.29, 1.82) is 5.26 Å². The molecule has 0 radical (unpaired) electrons. The van der Waals surface area contributed by atoms with Crippen molar-refractivity contribution in [1.82, 2.24) is 19.7 Å². The number of aromatic nitrogens is 4. The third kappa shape index (κ3) is 2.63. The molecule has 0 fully saturated rings. The van der Waals surface area contributed by atoms with Crippen molar-refractivity contribution in [3.63, 3.8) is 0 Å². The summed E-state index contributed by atoms with van der Waals surface area (Å²) >= 11 is 0.990. The van der Waals surface area contributed by atoms with Gasteiger partial charge in [-0.15, -0.1) is 0 Å². The van der Waals surface area contributed by atoms with Crippen LogP contribution in [0.3, 0.4) is 0 Å². The number of aromatic amines is 1. The largest absolute Gasteiger partial charge is 0.397 e. The van der Waals surface area contributed by atoms with Crippen LogP contribution in [0.4, 0.5) is 5.69 Å². The lowest BCUT2D eigenvalue weighted by Gasteiger charge is -2.06. The Balaban J connectivity index is 2.48. The summed E-state index contributed by atoms with van der Waals surface area (Å²) in [5, 5.41) is 11.9. The Morgan fingerprint density at radius 1 is 1.53 bits per heavy atom. The van der Waals surface area contributed by atoms with E-state index in [1.165, 1.54) is 24.0 Å². The summed E-state index contributed by atoms with van der Waals surface area (Å²) in [7, 11) is 1.53. The molecular formula is C10H8N6O2S. The molecule has 0 atom stereocenters. The zero-order valence-electron chi connectivity index (χ0n) is 9.75. The summed E-state index contributed by atoms with van der Waals surface area (Å²) in [4.78, 5) is 29.9. The minimum Gasteiger partial charge on any atom is -0.397 e. The average Bonchev–Trinajstić information content (AvgIpc) is 2.37. The fraction of sp³-hybridized carbons (Fsp3) is 0.100. The normalized spacial score (nSPS) is 10.1. The summed E-state index contributed by atoms with van der Waals surface area (Å²) < 4.78 is 1.29. The van der Waals surface area contributed by atoms with Crippen LogP contribution in [-0.4, -0.2) is 19.7 Å². The molecule has 96 valence electrons. The summed E-state index contributed by atoms with van der Waals surface area (Å²) in [5.41, 5.74) is 4.46. The van der Waals surface area contributed by atoms with E-state index in [2.05, 4.69) is 15.1 Å². The van der Waals surface area contributed by atoms with E-state index in [1.807, 2.05) is 6.07 Å². The van der Waals surface area contributed by atoms with E-state index in [9.17, 15) is 9.59 Å². The molecule has 9 heteroatoms. The molecule has 0 aromatic carbocycles. The molecule has 2 heterocycles. The number of pyridine rings is 1. The van der Waals surface area contributed by atoms with Gasteiger partial charge in [-0.3, -0.25) is 19.4 Å². The molecule has 0 spiro atoms. The van der Waals surface area contributed by atoms with Gasteiger partial charge in [0.15, 0.2) is 5.16 Å². The van der Waals surface area contributed by atoms with Crippen molar-refractivity contribution in [2.45, 2.75) is 10.2 Å². The minimum absolute atomic E-state index is 0.221. The van der Waals surface area contributed by atoms with Crippen LogP contribution in [0, 0.1) is 11.3 Å². The molecule has 0 aliphatic rings. The van der Waals surface area contributed by atoms with Crippen molar-refractivity contribution in [2.75, 3.05) is 5.73 Å². The third-order valence-electron chi connectivity index (χ3n) is 2.13. The predicted octanol–water partition coefficient (Wildman–Crippen LogP) is -0.531. The molecule has 0 aliphatic heterocycles. The van der Waals surface area contributed by atoms with Gasteiger partial charge in [-0.1, -0.05) is 0 Å². The summed E-state index contributed by atoms with van der Waals surface area (Å²) in [6.45, 7) is 0. The number of H-pyrrole nitrogens is 1. The van der Waals surface area contributed by atoms with Gasteiger partial charge in [-0.2, -0.15) is 10.2 Å². The number of nitrogens with two attached hydrogens (primary N) is 1. The molecular weight excluding hydrogens is 268 g/mol. The second-order valence-electron chi connectivity index (χ2n) is 3.53. The van der Waals surface area contributed by atoms with Crippen LogP contribution in [0.5, 0.6) is 0 Å². The highest BCUT2D eigenvalue weighted by Gasteiger charge is 2.11. The number of rotatable bonds is 2. The van der Waals surface area contributed by atoms with Crippen molar-refractivity contribution >= 4 is 17.4 Å². The fourth-order valence-corrected chi connectivity index (χ4v) is 2.07. The van der Waals surface area contributed by atoms with Gasteiger partial charge in [-0.25, -0.2) is 4.98 Å². The molecule has 2 aromatic rings. The minimum atomic E-state index is -0.894. The molecule has 0 amide bonds. The lowest BCUT2D eigenvalue weighted by atomic mass is 10.3. The van der Waals surface area contributed by atoms with Gasteiger partial charge in [-0.05, 0) is 17.8 Å². The van der Waals surface area contributed by atoms with Gasteiger partial charge in [0, 0.05) is 7.05 Å². The van der Waals surface area contributed by atoms with Gasteiger partial charge in [0.2, 0.25) is 0 Å². The average molecular weight is 276 g/mol. The van der Waals surface area contributed by atoms with Crippen LogP contribution in [-0.2, 0) is 7.05 Å². The topological polar surface area (TPSA) is 130 Å². The number of hydrogen-bond acceptors (Lipinski definition) is 7. The van der Waals surface area contributed by atoms with E-state index >= 15 is 0 Å². The van der Waals surface area contributed by atoms with Crippen LogP contribution in [0.15, 0.2) is 32.0 Å². The zero-order valence-corrected chi connectivity index (χ0v) is 10.6. The maximum Gasteiger partial charge on any atom is 0.339 e. The van der Waals surface area contributed by atoms with E-state index < -0.39 is 11.1 Å². The quantitative estimate of drug-likeness (QED) is 0.705. The molecule has 2 aromatic heterocycles. The molecule has 0 unspecified atom stereocenters. The first-order chi connectivity index (χ1) is 9.01. The molecule has 2 rings (SSSR count). The van der Waals surface area contributed by atoms with Crippen LogP contribution in [0.2, 0.25) is 0 Å². The number of nitrogens with one attached hydrogen (secondary N) is 1. The van der Waals surface area contributed by atoms with E-state index in [-0.39, 0.29) is 10.7 Å². The number of hydrogen-bond donors (Lipinski definition) is 2. The van der Waals surface area contributed by atoms with Crippen LogP contribution >= 0.6 is 11.8 Å². The Morgan fingerprint density at radius 2 is 2.26 bits per heavy atom. The highest BCUT2D eigenvalue weighted by atomic mass is 32.2. The molecule has 3 N–H and O–H groups in total.